The number of aromatic amines is 2. The molecule has 3 N–H and O–H groups in total. The lowest BCUT2D eigenvalue weighted by Crippen LogP contribution is -2.48. The molecule has 0 saturated carbocycles. The molecule has 2 aliphatic heterocycles. The summed E-state index contributed by atoms with van der Waals surface area (Å²) < 4.78 is 0. The topological polar surface area (TPSA) is 107 Å². The molecule has 172 valence electrons. The summed E-state index contributed by atoms with van der Waals surface area (Å²) in [5.74, 6) is 0.481. The summed E-state index contributed by atoms with van der Waals surface area (Å²) in [7, 11) is 0. The van der Waals surface area contributed by atoms with Crippen molar-refractivity contribution in [3.63, 3.8) is 0 Å². The number of fused-ring (bicyclic) bond motifs is 3. The Bertz CT molecular complexity index is 1250. The molecule has 33 heavy (non-hydrogen) atoms. The van der Waals surface area contributed by atoms with Crippen molar-refractivity contribution in [1.29, 1.82) is 0 Å². The van der Waals surface area contributed by atoms with Crippen LogP contribution in [-0.2, 0) is 17.9 Å². The zero-order valence-electron chi connectivity index (χ0n) is 19.1. The Balaban J connectivity index is 1.42. The second-order valence-electron chi connectivity index (χ2n) is 9.56. The Hall–Kier alpha value is -3.26. The highest BCUT2D eigenvalue weighted by Gasteiger charge is 2.58. The van der Waals surface area contributed by atoms with Crippen molar-refractivity contribution in [3.8, 4) is 0 Å². The number of carbonyl (C=O) groups is 1. The highest BCUT2D eigenvalue weighted by molar-refractivity contribution is 5.85. The third-order valence-corrected chi connectivity index (χ3v) is 7.27. The zero-order chi connectivity index (χ0) is 23.0. The molecule has 2 bridgehead atoms. The lowest BCUT2D eigenvalue weighted by atomic mass is 9.70. The van der Waals surface area contributed by atoms with Gasteiger partial charge in [-0.2, -0.15) is 5.10 Å². The van der Waals surface area contributed by atoms with E-state index in [0.29, 0.717) is 18.3 Å². The first-order valence-corrected chi connectivity index (χ1v) is 11.6. The van der Waals surface area contributed by atoms with Crippen molar-refractivity contribution < 1.29 is 4.79 Å². The Morgan fingerprint density at radius 2 is 2.12 bits per heavy atom. The highest BCUT2D eigenvalue weighted by atomic mass is 16.2. The number of hydrogen-bond donors (Lipinski definition) is 3. The van der Waals surface area contributed by atoms with Crippen LogP contribution < -0.4 is 11.0 Å². The Kier molecular flexibility index (Phi) is 5.62. The molecule has 8 nitrogen and oxygen atoms in total. The number of amides is 1. The summed E-state index contributed by atoms with van der Waals surface area (Å²) in [5, 5.41) is 10.5. The van der Waals surface area contributed by atoms with Gasteiger partial charge < -0.3 is 5.32 Å². The minimum Gasteiger partial charge on any atom is -0.348 e. The van der Waals surface area contributed by atoms with Gasteiger partial charge in [-0.25, -0.2) is 9.89 Å². The van der Waals surface area contributed by atoms with Crippen LogP contribution >= 0.6 is 0 Å². The molecular weight excluding hydrogens is 416 g/mol. The van der Waals surface area contributed by atoms with E-state index in [-0.39, 0.29) is 24.2 Å². The van der Waals surface area contributed by atoms with Crippen molar-refractivity contribution in [2.75, 3.05) is 0 Å². The number of H-pyrrole nitrogens is 2. The third-order valence-electron chi connectivity index (χ3n) is 7.27. The molecule has 4 heterocycles. The van der Waals surface area contributed by atoms with Crippen molar-refractivity contribution in [2.45, 2.75) is 64.7 Å². The molecule has 0 aliphatic carbocycles. The van der Waals surface area contributed by atoms with Gasteiger partial charge in [0.15, 0.2) is 0 Å². The van der Waals surface area contributed by atoms with E-state index in [0.717, 1.165) is 31.3 Å². The lowest BCUT2D eigenvalue weighted by molar-refractivity contribution is -0.133. The number of aromatic nitrogens is 4. The van der Waals surface area contributed by atoms with Gasteiger partial charge in [0.05, 0.1) is 17.5 Å². The molecular formula is C25H30N6O2. The van der Waals surface area contributed by atoms with Crippen LogP contribution in [0.1, 0.15) is 50.9 Å². The quantitative estimate of drug-likeness (QED) is 0.484. The van der Waals surface area contributed by atoms with Crippen molar-refractivity contribution in [2.24, 2.45) is 5.41 Å². The number of carbonyl (C=O) groups excluding carboxylic acids is 1. The van der Waals surface area contributed by atoms with Crippen LogP contribution in [0.4, 0.5) is 0 Å². The van der Waals surface area contributed by atoms with Crippen molar-refractivity contribution >= 4 is 16.8 Å². The maximum Gasteiger partial charge on any atom is 0.340 e. The number of para-hydroxylation sites is 1. The zero-order valence-corrected chi connectivity index (χ0v) is 19.1. The van der Waals surface area contributed by atoms with E-state index in [1.807, 2.05) is 18.3 Å². The van der Waals surface area contributed by atoms with Gasteiger partial charge in [0.25, 0.3) is 0 Å². The van der Waals surface area contributed by atoms with E-state index in [2.05, 4.69) is 68.5 Å². The molecule has 3 atom stereocenters. The van der Waals surface area contributed by atoms with Crippen LogP contribution in [0.15, 0.2) is 53.0 Å². The fourth-order valence-corrected chi connectivity index (χ4v) is 5.71. The molecule has 2 fully saturated rings. The van der Waals surface area contributed by atoms with E-state index in [1.54, 1.807) is 0 Å². The van der Waals surface area contributed by atoms with Gasteiger partial charge in [0.2, 0.25) is 5.91 Å². The molecule has 3 aromatic rings. The number of rotatable bonds is 7. The summed E-state index contributed by atoms with van der Waals surface area (Å²) in [6.45, 7) is 5.18. The van der Waals surface area contributed by atoms with Gasteiger partial charge >= 0.3 is 5.69 Å². The first-order chi connectivity index (χ1) is 16.0. The largest absolute Gasteiger partial charge is 0.348 e. The number of benzene rings is 1. The first kappa shape index (κ1) is 21.6. The van der Waals surface area contributed by atoms with E-state index in [1.165, 1.54) is 16.5 Å². The molecule has 5 rings (SSSR count). The van der Waals surface area contributed by atoms with E-state index in [4.69, 9.17) is 0 Å². The van der Waals surface area contributed by atoms with Gasteiger partial charge in [0.1, 0.15) is 5.82 Å². The SMILES string of the molecule is CC(C)=CC[C@]1(C(=O)NCc2n[nH]c(=O)[nH]2)C[C@H]2CC[C@@H]1N2Cc1ccnc2ccccc12. The number of allylic oxidation sites excluding steroid dienone is 2. The Morgan fingerprint density at radius 3 is 2.91 bits per heavy atom. The monoisotopic (exact) mass is 446 g/mol. The second kappa shape index (κ2) is 8.59. The summed E-state index contributed by atoms with van der Waals surface area (Å²) in [4.78, 5) is 34.7. The number of nitrogens with zero attached hydrogens (tertiary/aromatic N) is 3. The van der Waals surface area contributed by atoms with Crippen molar-refractivity contribution in [1.82, 2.24) is 30.4 Å². The second-order valence-corrected chi connectivity index (χ2v) is 9.56. The van der Waals surface area contributed by atoms with Crippen LogP contribution in [0.3, 0.4) is 0 Å². The van der Waals surface area contributed by atoms with Crippen LogP contribution in [0.25, 0.3) is 10.9 Å². The van der Waals surface area contributed by atoms with Gasteiger partial charge in [-0.15, -0.1) is 0 Å². The van der Waals surface area contributed by atoms with E-state index < -0.39 is 5.41 Å². The van der Waals surface area contributed by atoms with Crippen LogP contribution in [-0.4, -0.2) is 43.1 Å². The maximum atomic E-state index is 13.7. The Labute approximate surface area is 192 Å². The molecule has 2 saturated heterocycles. The maximum absolute atomic E-state index is 13.7. The number of hydrogen-bond acceptors (Lipinski definition) is 5. The molecule has 0 spiro atoms. The molecule has 0 unspecified atom stereocenters. The fraction of sp³-hybridized carbons (Fsp3) is 0.440. The molecule has 0 radical (unpaired) electrons. The summed E-state index contributed by atoms with van der Waals surface area (Å²) >= 11 is 0. The van der Waals surface area contributed by atoms with Crippen LogP contribution in [0.5, 0.6) is 0 Å². The smallest absolute Gasteiger partial charge is 0.340 e. The number of pyridine rings is 1. The van der Waals surface area contributed by atoms with Crippen molar-refractivity contribution in [3.05, 3.63) is 70.0 Å². The molecule has 8 heteroatoms. The summed E-state index contributed by atoms with van der Waals surface area (Å²) in [6, 6.07) is 10.9. The predicted molar refractivity (Wildman–Crippen MR) is 126 cm³/mol. The van der Waals surface area contributed by atoms with Gasteiger partial charge in [-0.05, 0) is 57.2 Å². The van der Waals surface area contributed by atoms with Gasteiger partial charge in [0, 0.05) is 30.2 Å². The molecule has 2 aliphatic rings. The van der Waals surface area contributed by atoms with Gasteiger partial charge in [-0.1, -0.05) is 29.8 Å². The normalized spacial score (nSPS) is 24.3. The minimum absolute atomic E-state index is 0.0423. The first-order valence-electron chi connectivity index (χ1n) is 11.6. The summed E-state index contributed by atoms with van der Waals surface area (Å²) in [6.07, 6.45) is 7.75. The predicted octanol–water partition coefficient (Wildman–Crippen LogP) is 3.04. The standard InChI is InChI=1S/C25H30N6O2/c1-16(2)9-11-25(23(32)27-14-22-28-24(33)30-29-22)13-18-7-8-21(25)31(18)15-17-10-12-26-20-6-4-3-5-19(17)20/h3-6,9-10,12,18,21H,7-8,11,13-15H2,1-2H3,(H,27,32)(H2,28,29,30,33)/t18-,21+,25+/m1/s1. The molecule has 2 aromatic heterocycles. The Morgan fingerprint density at radius 1 is 1.27 bits per heavy atom. The lowest BCUT2D eigenvalue weighted by Gasteiger charge is -2.36. The molecule has 1 aromatic carbocycles. The van der Waals surface area contributed by atoms with Gasteiger partial charge in [-0.3, -0.25) is 19.7 Å². The highest BCUT2D eigenvalue weighted by Crippen LogP contribution is 2.53. The van der Waals surface area contributed by atoms with E-state index in [9.17, 15) is 9.59 Å². The average Bonchev–Trinajstić information content (AvgIpc) is 3.49. The summed E-state index contributed by atoms with van der Waals surface area (Å²) in [5.41, 5.74) is 2.62. The number of nitrogens with one attached hydrogen (secondary N) is 3. The fourth-order valence-electron chi connectivity index (χ4n) is 5.71. The minimum atomic E-state index is -0.486. The molecule has 1 amide bonds. The third kappa shape index (κ3) is 3.99. The van der Waals surface area contributed by atoms with Crippen LogP contribution in [0, 0.1) is 5.41 Å². The van der Waals surface area contributed by atoms with E-state index >= 15 is 0 Å². The average molecular weight is 447 g/mol. The van der Waals surface area contributed by atoms with Crippen LogP contribution in [0.2, 0.25) is 0 Å².